The number of aromatic nitrogens is 2. The molecule has 0 aliphatic carbocycles. The summed E-state index contributed by atoms with van der Waals surface area (Å²) in [7, 11) is 0. The van der Waals surface area contributed by atoms with Crippen molar-refractivity contribution < 1.29 is 9.21 Å². The standard InChI is InChI=1S/C19H15N3O3S/c1-10-3-4-13(7-11(10)2)17(23)22-18-20-15(9-26-18)12-5-6-14-16(8-12)25-19(24)21-14/h3-9H,1-2H3,(H,21,24)(H,20,22,23). The van der Waals surface area contributed by atoms with Gasteiger partial charge in [0.15, 0.2) is 10.7 Å². The lowest BCUT2D eigenvalue weighted by Gasteiger charge is -2.05. The molecule has 0 radical (unpaired) electrons. The van der Waals surface area contributed by atoms with Gasteiger partial charge in [-0.2, -0.15) is 0 Å². The first-order valence-corrected chi connectivity index (χ1v) is 8.85. The molecule has 6 nitrogen and oxygen atoms in total. The van der Waals surface area contributed by atoms with E-state index in [9.17, 15) is 9.59 Å². The second kappa shape index (κ2) is 6.27. The Hall–Kier alpha value is -3.19. The van der Waals surface area contributed by atoms with Crippen LogP contribution in [-0.4, -0.2) is 15.9 Å². The average molecular weight is 365 g/mol. The lowest BCUT2D eigenvalue weighted by Crippen LogP contribution is -2.12. The van der Waals surface area contributed by atoms with Gasteiger partial charge in [-0.3, -0.25) is 15.1 Å². The molecule has 0 saturated heterocycles. The number of anilines is 1. The van der Waals surface area contributed by atoms with Gasteiger partial charge in [-0.25, -0.2) is 9.78 Å². The Morgan fingerprint density at radius 1 is 1.15 bits per heavy atom. The van der Waals surface area contributed by atoms with E-state index in [2.05, 4.69) is 15.3 Å². The largest absolute Gasteiger partial charge is 0.417 e. The highest BCUT2D eigenvalue weighted by atomic mass is 32.1. The maximum atomic E-state index is 12.4. The smallest absolute Gasteiger partial charge is 0.408 e. The summed E-state index contributed by atoms with van der Waals surface area (Å²) in [5.41, 5.74) is 5.43. The molecule has 0 bridgehead atoms. The van der Waals surface area contributed by atoms with Crippen molar-refractivity contribution in [2.24, 2.45) is 0 Å². The van der Waals surface area contributed by atoms with Gasteiger partial charge in [-0.05, 0) is 49.2 Å². The van der Waals surface area contributed by atoms with E-state index >= 15 is 0 Å². The van der Waals surface area contributed by atoms with Gasteiger partial charge in [-0.15, -0.1) is 11.3 Å². The summed E-state index contributed by atoms with van der Waals surface area (Å²) in [5.74, 6) is -0.683. The second-order valence-corrected chi connectivity index (χ2v) is 6.87. The van der Waals surface area contributed by atoms with E-state index in [0.717, 1.165) is 16.7 Å². The number of hydrogen-bond acceptors (Lipinski definition) is 5. The van der Waals surface area contributed by atoms with Crippen molar-refractivity contribution in [1.29, 1.82) is 0 Å². The van der Waals surface area contributed by atoms with Gasteiger partial charge in [0, 0.05) is 16.5 Å². The molecule has 0 saturated carbocycles. The maximum absolute atomic E-state index is 12.4. The monoisotopic (exact) mass is 365 g/mol. The average Bonchev–Trinajstić information content (AvgIpc) is 3.21. The minimum atomic E-state index is -0.489. The second-order valence-electron chi connectivity index (χ2n) is 6.02. The highest BCUT2D eigenvalue weighted by Gasteiger charge is 2.12. The number of carbonyl (C=O) groups excluding carboxylic acids is 1. The Balaban J connectivity index is 1.57. The number of oxazole rings is 1. The van der Waals surface area contributed by atoms with Gasteiger partial charge in [0.25, 0.3) is 5.91 Å². The Kier molecular flexibility index (Phi) is 3.93. The van der Waals surface area contributed by atoms with E-state index in [1.165, 1.54) is 11.3 Å². The molecule has 0 spiro atoms. The topological polar surface area (TPSA) is 88.0 Å². The molecule has 2 aromatic heterocycles. The van der Waals surface area contributed by atoms with Gasteiger partial charge in [0.2, 0.25) is 0 Å². The number of thiazole rings is 1. The van der Waals surface area contributed by atoms with E-state index in [1.54, 1.807) is 18.2 Å². The summed E-state index contributed by atoms with van der Waals surface area (Å²) in [6.45, 7) is 3.98. The summed E-state index contributed by atoms with van der Waals surface area (Å²) in [6, 6.07) is 10.9. The summed E-state index contributed by atoms with van der Waals surface area (Å²) in [6.07, 6.45) is 0. The Morgan fingerprint density at radius 3 is 2.81 bits per heavy atom. The fourth-order valence-corrected chi connectivity index (χ4v) is 3.34. The lowest BCUT2D eigenvalue weighted by molar-refractivity contribution is 0.102. The lowest BCUT2D eigenvalue weighted by atomic mass is 10.1. The molecule has 1 amide bonds. The van der Waals surface area contributed by atoms with Crippen molar-refractivity contribution in [3.8, 4) is 11.3 Å². The van der Waals surface area contributed by atoms with Crippen molar-refractivity contribution in [2.45, 2.75) is 13.8 Å². The van der Waals surface area contributed by atoms with Crippen LogP contribution in [0, 0.1) is 13.8 Å². The quantitative estimate of drug-likeness (QED) is 0.572. The molecule has 7 heteroatoms. The number of H-pyrrole nitrogens is 1. The third-order valence-corrected chi connectivity index (χ3v) is 4.97. The SMILES string of the molecule is Cc1ccc(C(=O)Nc2nc(-c3ccc4[nH]c(=O)oc4c3)cs2)cc1C. The van der Waals surface area contributed by atoms with Crippen LogP contribution < -0.4 is 11.1 Å². The number of hydrogen-bond donors (Lipinski definition) is 2. The van der Waals surface area contributed by atoms with E-state index in [1.807, 2.05) is 37.4 Å². The molecule has 4 rings (SSSR count). The van der Waals surface area contributed by atoms with Crippen LogP contribution in [0.1, 0.15) is 21.5 Å². The molecule has 2 aromatic carbocycles. The Bertz CT molecular complexity index is 1190. The molecule has 26 heavy (non-hydrogen) atoms. The number of amides is 1. The molecular formula is C19H15N3O3S. The zero-order valence-corrected chi connectivity index (χ0v) is 14.9. The zero-order chi connectivity index (χ0) is 18.3. The van der Waals surface area contributed by atoms with Crippen LogP contribution in [0.5, 0.6) is 0 Å². The van der Waals surface area contributed by atoms with Gasteiger partial charge in [0.1, 0.15) is 0 Å². The van der Waals surface area contributed by atoms with Crippen molar-refractivity contribution in [2.75, 3.05) is 5.32 Å². The number of fused-ring (bicyclic) bond motifs is 1. The molecular weight excluding hydrogens is 350 g/mol. The number of rotatable bonds is 3. The van der Waals surface area contributed by atoms with Crippen molar-refractivity contribution in [1.82, 2.24) is 9.97 Å². The molecule has 2 N–H and O–H groups in total. The van der Waals surface area contributed by atoms with Gasteiger partial charge >= 0.3 is 5.76 Å². The van der Waals surface area contributed by atoms with E-state index < -0.39 is 5.76 Å². The van der Waals surface area contributed by atoms with Gasteiger partial charge < -0.3 is 4.42 Å². The number of benzene rings is 2. The van der Waals surface area contributed by atoms with Crippen molar-refractivity contribution in [3.63, 3.8) is 0 Å². The van der Waals surface area contributed by atoms with Gasteiger partial charge in [-0.1, -0.05) is 12.1 Å². The molecule has 4 aromatic rings. The first-order chi connectivity index (χ1) is 12.5. The molecule has 0 atom stereocenters. The van der Waals surface area contributed by atoms with E-state index in [-0.39, 0.29) is 5.91 Å². The van der Waals surface area contributed by atoms with Crippen LogP contribution in [0.25, 0.3) is 22.4 Å². The molecule has 0 aliphatic rings. The molecule has 0 unspecified atom stereocenters. The number of aryl methyl sites for hydroxylation is 2. The van der Waals surface area contributed by atoms with Crippen LogP contribution in [0.2, 0.25) is 0 Å². The third kappa shape index (κ3) is 3.04. The summed E-state index contributed by atoms with van der Waals surface area (Å²) >= 11 is 1.34. The number of aromatic amines is 1. The van der Waals surface area contributed by atoms with Crippen LogP contribution in [-0.2, 0) is 0 Å². The number of carbonyl (C=O) groups is 1. The number of nitrogens with one attached hydrogen (secondary N) is 2. The van der Waals surface area contributed by atoms with Gasteiger partial charge in [0.05, 0.1) is 11.2 Å². The highest BCUT2D eigenvalue weighted by Crippen LogP contribution is 2.27. The third-order valence-electron chi connectivity index (χ3n) is 4.21. The zero-order valence-electron chi connectivity index (χ0n) is 14.1. The molecule has 2 heterocycles. The minimum absolute atomic E-state index is 0.193. The molecule has 0 fully saturated rings. The Labute approximate surface area is 152 Å². The first kappa shape index (κ1) is 16.3. The molecule has 0 aliphatic heterocycles. The normalized spacial score (nSPS) is 11.0. The van der Waals surface area contributed by atoms with Crippen LogP contribution in [0.3, 0.4) is 0 Å². The summed E-state index contributed by atoms with van der Waals surface area (Å²) < 4.78 is 5.07. The maximum Gasteiger partial charge on any atom is 0.417 e. The fourth-order valence-electron chi connectivity index (χ4n) is 2.62. The van der Waals surface area contributed by atoms with Crippen LogP contribution >= 0.6 is 11.3 Å². The highest BCUT2D eigenvalue weighted by molar-refractivity contribution is 7.14. The van der Waals surface area contributed by atoms with E-state index in [4.69, 9.17) is 4.42 Å². The fraction of sp³-hybridized carbons (Fsp3) is 0.105. The Morgan fingerprint density at radius 2 is 2.00 bits per heavy atom. The van der Waals surface area contributed by atoms with Crippen molar-refractivity contribution >= 4 is 33.5 Å². The van der Waals surface area contributed by atoms with Crippen molar-refractivity contribution in [3.05, 3.63) is 69.0 Å². The predicted octanol–water partition coefficient (Wildman–Crippen LogP) is 4.11. The predicted molar refractivity (Wildman–Crippen MR) is 102 cm³/mol. The summed E-state index contributed by atoms with van der Waals surface area (Å²) in [4.78, 5) is 30.7. The van der Waals surface area contributed by atoms with E-state index in [0.29, 0.717) is 27.5 Å². The van der Waals surface area contributed by atoms with Crippen LogP contribution in [0.15, 0.2) is 51.0 Å². The number of nitrogens with zero attached hydrogens (tertiary/aromatic N) is 1. The summed E-state index contributed by atoms with van der Waals surface area (Å²) in [5, 5.41) is 5.19. The first-order valence-electron chi connectivity index (χ1n) is 7.97. The molecule has 130 valence electrons. The van der Waals surface area contributed by atoms with Crippen LogP contribution in [0.4, 0.5) is 5.13 Å². The minimum Gasteiger partial charge on any atom is -0.408 e.